The molecule has 1 heterocycles. The van der Waals surface area contributed by atoms with E-state index in [0.29, 0.717) is 26.2 Å². The van der Waals surface area contributed by atoms with Gasteiger partial charge in [-0.2, -0.15) is 0 Å². The van der Waals surface area contributed by atoms with Crippen molar-refractivity contribution in [2.45, 2.75) is 25.4 Å². The van der Waals surface area contributed by atoms with Gasteiger partial charge in [0.15, 0.2) is 0 Å². The Morgan fingerprint density at radius 2 is 1.59 bits per heavy atom. The highest BCUT2D eigenvalue weighted by atomic mass is 35.5. The van der Waals surface area contributed by atoms with Gasteiger partial charge in [0.05, 0.1) is 17.1 Å². The summed E-state index contributed by atoms with van der Waals surface area (Å²) in [5.41, 5.74) is 3.99. The third kappa shape index (κ3) is 7.15. The fourth-order valence-corrected chi connectivity index (χ4v) is 5.44. The number of carboxylic acids is 1. The minimum absolute atomic E-state index is 0.103. The van der Waals surface area contributed by atoms with Gasteiger partial charge in [0, 0.05) is 37.1 Å². The maximum atomic E-state index is 14.3. The van der Waals surface area contributed by atoms with Crippen molar-refractivity contribution in [3.05, 3.63) is 137 Å². The number of ether oxygens (including phenoxy) is 1. The van der Waals surface area contributed by atoms with Gasteiger partial charge in [0.25, 0.3) is 0 Å². The van der Waals surface area contributed by atoms with Crippen LogP contribution in [0.25, 0.3) is 10.9 Å². The third-order valence-corrected chi connectivity index (χ3v) is 7.65. The molecule has 5 rings (SSSR count). The molecule has 1 aromatic heterocycles. The molecule has 41 heavy (non-hydrogen) atoms. The first-order chi connectivity index (χ1) is 20.0. The molecule has 0 amide bonds. The fourth-order valence-electron chi connectivity index (χ4n) is 5.25. The lowest BCUT2D eigenvalue weighted by Crippen LogP contribution is -2.31. The molecule has 0 bridgehead atoms. The number of carboxylic acid groups (broad SMARTS) is 1. The minimum Gasteiger partial charge on any atom is -0.493 e. The summed E-state index contributed by atoms with van der Waals surface area (Å²) in [7, 11) is 0. The van der Waals surface area contributed by atoms with Gasteiger partial charge in [-0.05, 0) is 47.4 Å². The predicted molar refractivity (Wildman–Crippen MR) is 161 cm³/mol. The minimum atomic E-state index is -0.892. The fraction of sp³-hybridized carbons (Fsp3) is 0.206. The zero-order chi connectivity index (χ0) is 28.6. The van der Waals surface area contributed by atoms with Crippen LogP contribution in [0.4, 0.5) is 4.39 Å². The smallest absolute Gasteiger partial charge is 0.323 e. The quantitative estimate of drug-likeness (QED) is 0.148. The molecule has 1 N–H and O–H groups in total. The lowest BCUT2D eigenvalue weighted by molar-refractivity contribution is -0.137. The summed E-state index contributed by atoms with van der Waals surface area (Å²) in [6.45, 7) is 2.29. The van der Waals surface area contributed by atoms with E-state index < -0.39 is 11.8 Å². The van der Waals surface area contributed by atoms with Crippen molar-refractivity contribution in [1.29, 1.82) is 0 Å². The Labute approximate surface area is 244 Å². The van der Waals surface area contributed by atoms with E-state index in [1.807, 2.05) is 42.5 Å². The molecule has 7 heteroatoms. The number of aromatic nitrogens is 1. The molecule has 0 saturated heterocycles. The van der Waals surface area contributed by atoms with Crippen LogP contribution in [0.5, 0.6) is 5.75 Å². The number of hydrogen-bond donors (Lipinski definition) is 1. The molecule has 0 fully saturated rings. The Bertz CT molecular complexity index is 1550. The van der Waals surface area contributed by atoms with Crippen molar-refractivity contribution >= 4 is 28.5 Å². The number of fused-ring (bicyclic) bond motifs is 1. The molecule has 0 saturated carbocycles. The summed E-state index contributed by atoms with van der Waals surface area (Å²) >= 11 is 6.37. The molecule has 0 aliphatic carbocycles. The Balaban J connectivity index is 1.33. The molecule has 0 aliphatic rings. The highest BCUT2D eigenvalue weighted by Crippen LogP contribution is 2.29. The Morgan fingerprint density at radius 1 is 0.902 bits per heavy atom. The highest BCUT2D eigenvalue weighted by Gasteiger charge is 2.20. The topological polar surface area (TPSA) is 54.7 Å². The molecular formula is C34H32ClFN2O3. The molecule has 0 unspecified atom stereocenters. The van der Waals surface area contributed by atoms with Crippen molar-refractivity contribution in [3.8, 4) is 5.75 Å². The monoisotopic (exact) mass is 570 g/mol. The maximum absolute atomic E-state index is 14.3. The molecule has 5 aromatic rings. The largest absolute Gasteiger partial charge is 0.493 e. The molecule has 0 aliphatic heterocycles. The van der Waals surface area contributed by atoms with Crippen LogP contribution in [0, 0.1) is 5.82 Å². The van der Waals surface area contributed by atoms with Crippen LogP contribution in [-0.2, 0) is 17.9 Å². The Morgan fingerprint density at radius 3 is 2.27 bits per heavy atom. The van der Waals surface area contributed by atoms with E-state index >= 15 is 0 Å². The SMILES string of the molecule is O=C(O)Cn1ccc2c(OCCCN(Cc3cccc(F)c3Cl)CC(c3ccccc3)c3ccccc3)cccc21. The van der Waals surface area contributed by atoms with Crippen molar-refractivity contribution in [3.63, 3.8) is 0 Å². The molecule has 0 spiro atoms. The molecular weight excluding hydrogens is 539 g/mol. The summed E-state index contributed by atoms with van der Waals surface area (Å²) in [6.07, 6.45) is 2.50. The van der Waals surface area contributed by atoms with Crippen LogP contribution in [-0.4, -0.2) is 40.2 Å². The normalized spacial score (nSPS) is 11.4. The van der Waals surface area contributed by atoms with Crippen LogP contribution < -0.4 is 4.74 Å². The summed E-state index contributed by atoms with van der Waals surface area (Å²) in [5.74, 6) is -0.471. The molecule has 4 aromatic carbocycles. The number of hydrogen-bond acceptors (Lipinski definition) is 3. The summed E-state index contributed by atoms with van der Waals surface area (Å²) < 4.78 is 22.2. The van der Waals surface area contributed by atoms with Gasteiger partial charge >= 0.3 is 5.97 Å². The number of aliphatic carboxylic acids is 1. The first-order valence-electron chi connectivity index (χ1n) is 13.7. The number of benzene rings is 4. The van der Waals surface area contributed by atoms with Gasteiger partial charge in [0.1, 0.15) is 18.1 Å². The Hall–Kier alpha value is -4.13. The van der Waals surface area contributed by atoms with Crippen molar-refractivity contribution < 1.29 is 19.0 Å². The van der Waals surface area contributed by atoms with Gasteiger partial charge in [-0.3, -0.25) is 9.69 Å². The van der Waals surface area contributed by atoms with Crippen LogP contribution in [0.3, 0.4) is 0 Å². The zero-order valence-electron chi connectivity index (χ0n) is 22.6. The van der Waals surface area contributed by atoms with Crippen LogP contribution in [0.1, 0.15) is 29.0 Å². The second-order valence-corrected chi connectivity index (χ2v) is 10.4. The van der Waals surface area contributed by atoms with Crippen LogP contribution >= 0.6 is 11.6 Å². The lowest BCUT2D eigenvalue weighted by atomic mass is 9.90. The number of carbonyl (C=O) groups is 1. The van der Waals surface area contributed by atoms with E-state index in [0.717, 1.165) is 28.6 Å². The average molecular weight is 571 g/mol. The maximum Gasteiger partial charge on any atom is 0.323 e. The second-order valence-electron chi connectivity index (χ2n) is 10.1. The van der Waals surface area contributed by atoms with Gasteiger partial charge in [0.2, 0.25) is 0 Å². The van der Waals surface area contributed by atoms with Gasteiger partial charge in [-0.25, -0.2) is 4.39 Å². The molecule has 210 valence electrons. The predicted octanol–water partition coefficient (Wildman–Crippen LogP) is 7.62. The zero-order valence-corrected chi connectivity index (χ0v) is 23.4. The van der Waals surface area contributed by atoms with Crippen LogP contribution in [0.15, 0.2) is 109 Å². The third-order valence-electron chi connectivity index (χ3n) is 7.23. The van der Waals surface area contributed by atoms with Crippen LogP contribution in [0.2, 0.25) is 5.02 Å². The molecule has 0 radical (unpaired) electrons. The van der Waals surface area contributed by atoms with E-state index in [-0.39, 0.29) is 17.5 Å². The van der Waals surface area contributed by atoms with Crippen molar-refractivity contribution in [2.24, 2.45) is 0 Å². The van der Waals surface area contributed by atoms with Crippen molar-refractivity contribution in [2.75, 3.05) is 19.7 Å². The average Bonchev–Trinajstić information content (AvgIpc) is 3.39. The lowest BCUT2D eigenvalue weighted by Gasteiger charge is -2.29. The van der Waals surface area contributed by atoms with E-state index in [1.165, 1.54) is 17.2 Å². The highest BCUT2D eigenvalue weighted by molar-refractivity contribution is 6.31. The van der Waals surface area contributed by atoms with Gasteiger partial charge in [-0.1, -0.05) is 90.5 Å². The summed E-state index contributed by atoms with van der Waals surface area (Å²) in [6, 6.07) is 33.3. The van der Waals surface area contributed by atoms with Crippen molar-refractivity contribution in [1.82, 2.24) is 9.47 Å². The second kappa shape index (κ2) is 13.5. The van der Waals surface area contributed by atoms with Gasteiger partial charge in [-0.15, -0.1) is 0 Å². The number of halogens is 2. The van der Waals surface area contributed by atoms with E-state index in [1.54, 1.807) is 16.8 Å². The van der Waals surface area contributed by atoms with E-state index in [4.69, 9.17) is 16.3 Å². The molecule has 0 atom stereocenters. The number of rotatable bonds is 13. The molecule has 5 nitrogen and oxygen atoms in total. The summed E-state index contributed by atoms with van der Waals surface area (Å²) in [5, 5.41) is 10.2. The van der Waals surface area contributed by atoms with E-state index in [9.17, 15) is 14.3 Å². The standard InChI is InChI=1S/C34H32ClFN2O3/c35-34-27(14-7-15-30(34)36)22-37(23-29(25-10-3-1-4-11-25)26-12-5-2-6-13-26)19-9-21-41-32-17-8-16-31-28(32)18-20-38(31)24-33(39)40/h1-8,10-18,20,29H,9,19,21-24H2,(H,39,40). The van der Waals surface area contributed by atoms with E-state index in [2.05, 4.69) is 53.4 Å². The summed E-state index contributed by atoms with van der Waals surface area (Å²) in [4.78, 5) is 13.5. The number of nitrogens with zero attached hydrogens (tertiary/aromatic N) is 2. The first-order valence-corrected chi connectivity index (χ1v) is 14.0. The first kappa shape index (κ1) is 28.4. The Kier molecular flexibility index (Phi) is 9.34. The van der Waals surface area contributed by atoms with Gasteiger partial charge < -0.3 is 14.4 Å².